The Kier molecular flexibility index (Phi) is 3.97. The van der Waals surface area contributed by atoms with Crippen LogP contribution in [0, 0.1) is 10.1 Å². The van der Waals surface area contributed by atoms with Gasteiger partial charge >= 0.3 is 5.69 Å². The summed E-state index contributed by atoms with van der Waals surface area (Å²) in [7, 11) is 1.28. The molecule has 0 aromatic heterocycles. The SMILES string of the molecule is COc1ccc(C(=O)C[C@@]2(O)C(=O)Nc3ccccc32)cc1[N+](=O)[O-]. The summed E-state index contributed by atoms with van der Waals surface area (Å²) in [5.41, 5.74) is -1.63. The maximum atomic E-state index is 12.5. The zero-order valence-corrected chi connectivity index (χ0v) is 13.2. The largest absolute Gasteiger partial charge is 0.490 e. The highest BCUT2D eigenvalue weighted by molar-refractivity contribution is 6.09. The zero-order valence-electron chi connectivity index (χ0n) is 13.2. The summed E-state index contributed by atoms with van der Waals surface area (Å²) in [5.74, 6) is -1.28. The van der Waals surface area contributed by atoms with Gasteiger partial charge in [-0.1, -0.05) is 18.2 Å². The lowest BCUT2D eigenvalue weighted by molar-refractivity contribution is -0.385. The number of para-hydroxylation sites is 1. The number of amides is 1. The van der Waals surface area contributed by atoms with E-state index in [9.17, 15) is 24.8 Å². The van der Waals surface area contributed by atoms with Crippen LogP contribution < -0.4 is 10.1 Å². The van der Waals surface area contributed by atoms with E-state index in [2.05, 4.69) is 5.32 Å². The second-order valence-corrected chi connectivity index (χ2v) is 5.60. The summed E-state index contributed by atoms with van der Waals surface area (Å²) < 4.78 is 4.89. The summed E-state index contributed by atoms with van der Waals surface area (Å²) >= 11 is 0. The maximum absolute atomic E-state index is 12.5. The van der Waals surface area contributed by atoms with Crippen molar-refractivity contribution in [2.24, 2.45) is 0 Å². The molecule has 1 heterocycles. The van der Waals surface area contributed by atoms with Crippen LogP contribution in [0.5, 0.6) is 5.75 Å². The Balaban J connectivity index is 1.94. The average Bonchev–Trinajstić information content (AvgIpc) is 2.85. The molecule has 0 bridgehead atoms. The summed E-state index contributed by atoms with van der Waals surface area (Å²) in [5, 5.41) is 24.3. The molecular weight excluding hydrogens is 328 g/mol. The molecule has 0 fully saturated rings. The topological polar surface area (TPSA) is 119 Å². The Morgan fingerprint density at radius 1 is 1.32 bits per heavy atom. The zero-order chi connectivity index (χ0) is 18.2. The van der Waals surface area contributed by atoms with Crippen molar-refractivity contribution in [3.8, 4) is 5.75 Å². The van der Waals surface area contributed by atoms with Crippen LogP contribution in [-0.2, 0) is 10.4 Å². The van der Waals surface area contributed by atoms with Crippen molar-refractivity contribution < 1.29 is 24.4 Å². The van der Waals surface area contributed by atoms with Gasteiger partial charge in [0, 0.05) is 22.9 Å². The number of nitro benzene ring substituents is 1. The number of carbonyl (C=O) groups is 2. The molecule has 8 heteroatoms. The van der Waals surface area contributed by atoms with Crippen LogP contribution in [-0.4, -0.2) is 28.8 Å². The number of aliphatic hydroxyl groups is 1. The number of benzene rings is 2. The highest BCUT2D eigenvalue weighted by Gasteiger charge is 2.46. The molecule has 1 aliphatic heterocycles. The van der Waals surface area contributed by atoms with Gasteiger partial charge in [-0.05, 0) is 18.2 Å². The third-order valence-electron chi connectivity index (χ3n) is 4.11. The first-order valence-electron chi connectivity index (χ1n) is 7.36. The molecule has 2 aromatic rings. The van der Waals surface area contributed by atoms with Crippen LogP contribution in [0.4, 0.5) is 11.4 Å². The fraction of sp³-hybridized carbons (Fsp3) is 0.176. The molecule has 3 rings (SSSR count). The lowest BCUT2D eigenvalue weighted by atomic mass is 9.88. The van der Waals surface area contributed by atoms with Crippen molar-refractivity contribution in [2.45, 2.75) is 12.0 Å². The molecule has 0 saturated heterocycles. The Bertz CT molecular complexity index is 894. The molecule has 0 radical (unpaired) electrons. The number of hydrogen-bond donors (Lipinski definition) is 2. The van der Waals surface area contributed by atoms with Crippen molar-refractivity contribution in [1.29, 1.82) is 0 Å². The van der Waals surface area contributed by atoms with Gasteiger partial charge in [0.05, 0.1) is 18.5 Å². The highest BCUT2D eigenvalue weighted by Crippen LogP contribution is 2.39. The Hall–Kier alpha value is -3.26. The predicted molar refractivity (Wildman–Crippen MR) is 87.6 cm³/mol. The van der Waals surface area contributed by atoms with E-state index in [1.807, 2.05) is 0 Å². The van der Waals surface area contributed by atoms with Crippen molar-refractivity contribution in [1.82, 2.24) is 0 Å². The smallest absolute Gasteiger partial charge is 0.311 e. The van der Waals surface area contributed by atoms with E-state index in [1.165, 1.54) is 19.2 Å². The lowest BCUT2D eigenvalue weighted by Crippen LogP contribution is -2.36. The van der Waals surface area contributed by atoms with Gasteiger partial charge in [-0.2, -0.15) is 0 Å². The van der Waals surface area contributed by atoms with E-state index in [-0.39, 0.29) is 17.0 Å². The van der Waals surface area contributed by atoms with Crippen LogP contribution in [0.25, 0.3) is 0 Å². The average molecular weight is 342 g/mol. The number of methoxy groups -OCH3 is 1. The third kappa shape index (κ3) is 2.72. The second kappa shape index (κ2) is 5.99. The summed E-state index contributed by atoms with van der Waals surface area (Å²) in [4.78, 5) is 35.1. The monoisotopic (exact) mass is 342 g/mol. The first kappa shape index (κ1) is 16.6. The van der Waals surface area contributed by atoms with E-state index in [0.29, 0.717) is 11.3 Å². The molecule has 1 atom stereocenters. The van der Waals surface area contributed by atoms with Crippen molar-refractivity contribution >= 4 is 23.1 Å². The number of Topliss-reactive ketones (excluding diaryl/α,β-unsaturated/α-hetero) is 1. The minimum absolute atomic E-state index is 0.0121. The molecule has 0 saturated carbocycles. The van der Waals surface area contributed by atoms with Crippen LogP contribution >= 0.6 is 0 Å². The molecule has 1 aliphatic rings. The molecule has 8 nitrogen and oxygen atoms in total. The molecule has 25 heavy (non-hydrogen) atoms. The van der Waals surface area contributed by atoms with Gasteiger partial charge in [0.2, 0.25) is 0 Å². The first-order valence-corrected chi connectivity index (χ1v) is 7.36. The van der Waals surface area contributed by atoms with Gasteiger partial charge in [-0.25, -0.2) is 0 Å². The standard InChI is InChI=1S/C17H14N2O6/c1-25-15-7-6-10(8-13(15)19(23)24)14(20)9-17(22)11-4-2-3-5-12(11)18-16(17)21/h2-8,22H,9H2,1H3,(H,18,21)/t17-/m0/s1. The van der Waals surface area contributed by atoms with Crippen molar-refractivity contribution in [3.05, 3.63) is 63.7 Å². The number of hydrogen-bond acceptors (Lipinski definition) is 6. The maximum Gasteiger partial charge on any atom is 0.311 e. The van der Waals surface area contributed by atoms with E-state index in [0.717, 1.165) is 6.07 Å². The number of fused-ring (bicyclic) bond motifs is 1. The lowest BCUT2D eigenvalue weighted by Gasteiger charge is -2.20. The number of anilines is 1. The minimum Gasteiger partial charge on any atom is -0.490 e. The summed E-state index contributed by atoms with van der Waals surface area (Å²) in [6.07, 6.45) is -0.528. The van der Waals surface area contributed by atoms with Crippen LogP contribution in [0.2, 0.25) is 0 Å². The summed E-state index contributed by atoms with van der Waals surface area (Å²) in [6.45, 7) is 0. The van der Waals surface area contributed by atoms with E-state index < -0.39 is 28.6 Å². The molecular formula is C17H14N2O6. The molecule has 0 unspecified atom stereocenters. The number of nitro groups is 1. The number of rotatable bonds is 5. The fourth-order valence-corrected chi connectivity index (χ4v) is 2.82. The number of ketones is 1. The van der Waals surface area contributed by atoms with Crippen LogP contribution in [0.3, 0.4) is 0 Å². The Morgan fingerprint density at radius 2 is 2.04 bits per heavy atom. The highest BCUT2D eigenvalue weighted by atomic mass is 16.6. The van der Waals surface area contributed by atoms with E-state index in [1.54, 1.807) is 24.3 Å². The first-order chi connectivity index (χ1) is 11.9. The van der Waals surface area contributed by atoms with Crippen molar-refractivity contribution in [2.75, 3.05) is 12.4 Å². The molecule has 128 valence electrons. The number of nitrogens with zero attached hydrogens (tertiary/aromatic N) is 1. The van der Waals surface area contributed by atoms with Crippen LogP contribution in [0.15, 0.2) is 42.5 Å². The van der Waals surface area contributed by atoms with Gasteiger partial charge in [-0.15, -0.1) is 0 Å². The minimum atomic E-state index is -2.01. The Labute approximate surface area is 142 Å². The van der Waals surface area contributed by atoms with Gasteiger partial charge in [0.1, 0.15) is 0 Å². The number of carbonyl (C=O) groups excluding carboxylic acids is 2. The summed E-state index contributed by atoms with van der Waals surface area (Å²) in [6, 6.07) is 10.2. The predicted octanol–water partition coefficient (Wildman–Crippen LogP) is 2.02. The van der Waals surface area contributed by atoms with Gasteiger partial charge in [0.25, 0.3) is 5.91 Å². The van der Waals surface area contributed by atoms with Gasteiger partial charge in [0.15, 0.2) is 17.1 Å². The molecule has 0 aliphatic carbocycles. The molecule has 2 N–H and O–H groups in total. The van der Waals surface area contributed by atoms with Crippen LogP contribution in [0.1, 0.15) is 22.3 Å². The molecule has 1 amide bonds. The van der Waals surface area contributed by atoms with Crippen molar-refractivity contribution in [3.63, 3.8) is 0 Å². The molecule has 0 spiro atoms. The molecule has 2 aromatic carbocycles. The van der Waals surface area contributed by atoms with Gasteiger partial charge in [-0.3, -0.25) is 19.7 Å². The van der Waals surface area contributed by atoms with E-state index in [4.69, 9.17) is 4.74 Å². The normalized spacial score (nSPS) is 18.4. The quantitative estimate of drug-likeness (QED) is 0.487. The Morgan fingerprint density at radius 3 is 2.72 bits per heavy atom. The van der Waals surface area contributed by atoms with Gasteiger partial charge < -0.3 is 15.2 Å². The van der Waals surface area contributed by atoms with E-state index >= 15 is 0 Å². The number of nitrogens with one attached hydrogen (secondary N) is 1. The fourth-order valence-electron chi connectivity index (χ4n) is 2.82. The second-order valence-electron chi connectivity index (χ2n) is 5.60. The third-order valence-corrected chi connectivity index (χ3v) is 4.11. The number of ether oxygens (including phenoxy) is 1.